The van der Waals surface area contributed by atoms with Crippen LogP contribution in [0.1, 0.15) is 12.8 Å². The van der Waals surface area contributed by atoms with Crippen molar-refractivity contribution < 1.29 is 5.11 Å². The Morgan fingerprint density at radius 1 is 1.67 bits per heavy atom. The Morgan fingerprint density at radius 2 is 2.33 bits per heavy atom. The predicted octanol–water partition coefficient (Wildman–Crippen LogP) is 0.658. The van der Waals surface area contributed by atoms with Crippen LogP contribution in [0.2, 0.25) is 0 Å². The van der Waals surface area contributed by atoms with Gasteiger partial charge in [-0.3, -0.25) is 10.4 Å². The number of hydrazone groups is 1. The average Bonchev–Trinajstić information content (AvgIpc) is 3.14. The Hall–Kier alpha value is -0.960. The molecule has 0 radical (unpaired) electrons. The first-order valence-corrected chi connectivity index (χ1v) is 6.75. The van der Waals surface area contributed by atoms with E-state index in [9.17, 15) is 5.11 Å². The molecule has 0 aromatic carbocycles. The summed E-state index contributed by atoms with van der Waals surface area (Å²) in [7, 11) is 1.70. The third-order valence-corrected chi connectivity index (χ3v) is 3.18. The summed E-state index contributed by atoms with van der Waals surface area (Å²) in [5.41, 5.74) is 0.679. The van der Waals surface area contributed by atoms with Crippen molar-refractivity contribution in [3.05, 3.63) is 11.8 Å². The minimum absolute atomic E-state index is 0.228. The lowest BCUT2D eigenvalue weighted by Crippen LogP contribution is -2.28. The number of hydrogen-bond acceptors (Lipinski definition) is 6. The van der Waals surface area contributed by atoms with Gasteiger partial charge in [-0.15, -0.1) is 0 Å². The third-order valence-electron chi connectivity index (χ3n) is 2.56. The van der Waals surface area contributed by atoms with Gasteiger partial charge in [0.25, 0.3) is 0 Å². The van der Waals surface area contributed by atoms with Crippen LogP contribution in [-0.4, -0.2) is 40.4 Å². The van der Waals surface area contributed by atoms with Gasteiger partial charge in [0.15, 0.2) is 0 Å². The molecular formula is C11H18IN5O. The lowest BCUT2D eigenvalue weighted by Gasteiger charge is -2.12. The van der Waals surface area contributed by atoms with E-state index in [2.05, 4.69) is 15.4 Å². The molecule has 18 heavy (non-hydrogen) atoms. The summed E-state index contributed by atoms with van der Waals surface area (Å²) in [6.07, 6.45) is 4.46. The molecule has 0 bridgehead atoms. The molecule has 0 amide bonds. The monoisotopic (exact) mass is 363 g/mol. The second-order valence-electron chi connectivity index (χ2n) is 4.10. The van der Waals surface area contributed by atoms with Gasteiger partial charge in [0.1, 0.15) is 11.8 Å². The summed E-state index contributed by atoms with van der Waals surface area (Å²) in [4.78, 5) is 4.21. The Kier molecular flexibility index (Phi) is 6.27. The van der Waals surface area contributed by atoms with Gasteiger partial charge < -0.3 is 16.3 Å². The maximum Gasteiger partial charge on any atom is 0.128 e. The molecule has 100 valence electrons. The molecule has 1 aliphatic rings. The quantitative estimate of drug-likeness (QED) is 0.231. The number of nitrogens with zero attached hydrogens (tertiary/aromatic N) is 2. The zero-order valence-electron chi connectivity index (χ0n) is 10.2. The number of nitrogens with two attached hydrogens (primary N) is 1. The maximum atomic E-state index is 10.1. The molecule has 0 aromatic rings. The Bertz CT molecular complexity index is 387. The number of aliphatic hydroxyl groups is 1. The van der Waals surface area contributed by atoms with Crippen LogP contribution in [0.4, 0.5) is 0 Å². The van der Waals surface area contributed by atoms with E-state index in [0.717, 1.165) is 6.54 Å². The van der Waals surface area contributed by atoms with E-state index < -0.39 is 6.10 Å². The largest absolute Gasteiger partial charge is 0.394 e. The molecule has 1 atom stereocenters. The fourth-order valence-electron chi connectivity index (χ4n) is 1.35. The normalized spacial score (nSPS) is 19.1. The van der Waals surface area contributed by atoms with E-state index in [0.29, 0.717) is 11.5 Å². The van der Waals surface area contributed by atoms with Crippen LogP contribution in [0.5, 0.6) is 0 Å². The fourth-order valence-corrected chi connectivity index (χ4v) is 1.80. The number of aliphatic imine (C=N–C) groups is 1. The van der Waals surface area contributed by atoms with Gasteiger partial charge in [-0.25, -0.2) is 0 Å². The SMILES string of the molecule is CN/C=C(\C(=N)I)C(O)C(C=NCC1CC1)=NN. The van der Waals surface area contributed by atoms with Crippen molar-refractivity contribution in [2.24, 2.45) is 21.9 Å². The van der Waals surface area contributed by atoms with Gasteiger partial charge in [0.2, 0.25) is 0 Å². The molecule has 0 spiro atoms. The van der Waals surface area contributed by atoms with Crippen molar-refractivity contribution >= 4 is 38.2 Å². The number of rotatable bonds is 7. The first-order valence-electron chi connectivity index (χ1n) is 5.67. The lowest BCUT2D eigenvalue weighted by atomic mass is 10.1. The number of aliphatic hydroxyl groups excluding tert-OH is 1. The van der Waals surface area contributed by atoms with Crippen molar-refractivity contribution in [1.82, 2.24) is 5.32 Å². The smallest absolute Gasteiger partial charge is 0.128 e. The lowest BCUT2D eigenvalue weighted by molar-refractivity contribution is 0.284. The highest BCUT2D eigenvalue weighted by atomic mass is 127. The van der Waals surface area contributed by atoms with Crippen molar-refractivity contribution in [2.45, 2.75) is 18.9 Å². The molecule has 0 aromatic heterocycles. The predicted molar refractivity (Wildman–Crippen MR) is 82.6 cm³/mol. The second-order valence-corrected chi connectivity index (χ2v) is 5.18. The van der Waals surface area contributed by atoms with Crippen LogP contribution < -0.4 is 11.2 Å². The number of nitrogens with one attached hydrogen (secondary N) is 2. The molecular weight excluding hydrogens is 345 g/mol. The summed E-state index contributed by atoms with van der Waals surface area (Å²) in [5.74, 6) is 5.93. The molecule has 5 N–H and O–H groups in total. The van der Waals surface area contributed by atoms with E-state index in [1.54, 1.807) is 13.2 Å². The second kappa shape index (κ2) is 7.47. The third kappa shape index (κ3) is 4.73. The summed E-state index contributed by atoms with van der Waals surface area (Å²) in [6.45, 7) is 0.749. The molecule has 1 rings (SSSR count). The van der Waals surface area contributed by atoms with Crippen LogP contribution >= 0.6 is 22.6 Å². The summed E-state index contributed by atoms with van der Waals surface area (Å²) < 4.78 is 0.228. The van der Waals surface area contributed by atoms with Gasteiger partial charge in [-0.05, 0) is 41.4 Å². The van der Waals surface area contributed by atoms with Crippen LogP contribution in [0.25, 0.3) is 0 Å². The van der Waals surface area contributed by atoms with Crippen LogP contribution in [0.15, 0.2) is 21.9 Å². The van der Waals surface area contributed by atoms with Crippen molar-refractivity contribution in [3.63, 3.8) is 0 Å². The van der Waals surface area contributed by atoms with Gasteiger partial charge in [-0.1, -0.05) is 0 Å². The number of hydrogen-bond donors (Lipinski definition) is 4. The molecule has 0 heterocycles. The first kappa shape index (κ1) is 15.1. The molecule has 0 aliphatic heterocycles. The molecule has 0 saturated heterocycles. The highest BCUT2D eigenvalue weighted by Crippen LogP contribution is 2.28. The zero-order valence-corrected chi connectivity index (χ0v) is 12.4. The summed E-state index contributed by atoms with van der Waals surface area (Å²) in [6, 6.07) is 0. The highest BCUT2D eigenvalue weighted by Gasteiger charge is 2.21. The van der Waals surface area contributed by atoms with Crippen LogP contribution in [-0.2, 0) is 0 Å². The van der Waals surface area contributed by atoms with Gasteiger partial charge >= 0.3 is 0 Å². The molecule has 1 fully saturated rings. The van der Waals surface area contributed by atoms with E-state index >= 15 is 0 Å². The zero-order chi connectivity index (χ0) is 13.5. The standard InChI is InChI=1S/C11H18IN5O/c1-15-5-8(11(12)13)10(18)9(17-14)6-16-4-7-2-3-7/h5-7,10,13,15,18H,2-4,14H2,1H3/b8-5-,13-11?,16-6?,17-9?. The summed E-state index contributed by atoms with van der Waals surface area (Å²) in [5, 5.41) is 24.0. The van der Waals surface area contributed by atoms with E-state index in [-0.39, 0.29) is 9.43 Å². The fraction of sp³-hybridized carbons (Fsp3) is 0.545. The molecule has 1 saturated carbocycles. The minimum Gasteiger partial charge on any atom is -0.394 e. The van der Waals surface area contributed by atoms with E-state index in [4.69, 9.17) is 11.3 Å². The Balaban J connectivity index is 2.70. The topological polar surface area (TPSA) is 107 Å². The number of halogens is 1. The van der Waals surface area contributed by atoms with Crippen molar-refractivity contribution in [3.8, 4) is 0 Å². The molecule has 1 unspecified atom stereocenters. The Morgan fingerprint density at radius 3 is 2.78 bits per heavy atom. The molecule has 6 nitrogen and oxygen atoms in total. The van der Waals surface area contributed by atoms with E-state index in [1.807, 2.05) is 22.6 Å². The van der Waals surface area contributed by atoms with Crippen LogP contribution in [0.3, 0.4) is 0 Å². The van der Waals surface area contributed by atoms with Gasteiger partial charge in [0.05, 0.1) is 3.72 Å². The van der Waals surface area contributed by atoms with Gasteiger partial charge in [-0.2, -0.15) is 5.10 Å². The summed E-state index contributed by atoms with van der Waals surface area (Å²) >= 11 is 1.83. The first-order chi connectivity index (χ1) is 8.60. The van der Waals surface area contributed by atoms with Crippen LogP contribution in [0, 0.1) is 11.3 Å². The van der Waals surface area contributed by atoms with Gasteiger partial charge in [0, 0.05) is 31.6 Å². The van der Waals surface area contributed by atoms with Crippen molar-refractivity contribution in [1.29, 1.82) is 5.41 Å². The molecule has 1 aliphatic carbocycles. The highest BCUT2D eigenvalue weighted by molar-refractivity contribution is 14.1. The van der Waals surface area contributed by atoms with Crippen molar-refractivity contribution in [2.75, 3.05) is 13.6 Å². The average molecular weight is 363 g/mol. The Labute approximate surface area is 120 Å². The molecule has 7 heteroatoms. The minimum atomic E-state index is -1.03. The van der Waals surface area contributed by atoms with E-state index in [1.165, 1.54) is 19.1 Å². The maximum absolute atomic E-state index is 10.1.